The van der Waals surface area contributed by atoms with E-state index in [-0.39, 0.29) is 17.1 Å². The first-order valence-electron chi connectivity index (χ1n) is 14.3. The maximum atomic E-state index is 14.6. The zero-order valence-corrected chi connectivity index (χ0v) is 22.9. The number of carbonyl (C=O) groups excluding carboxylic acids is 2. The van der Waals surface area contributed by atoms with Crippen LogP contribution in [0.15, 0.2) is 42.5 Å². The number of Topliss-reactive ketones (excluding diaryl/α,β-unsaturated/α-hetero) is 1. The number of esters is 1. The van der Waals surface area contributed by atoms with Crippen LogP contribution in [0.2, 0.25) is 0 Å². The average molecular weight is 513 g/mol. The molecule has 2 aromatic rings. The second kappa shape index (κ2) is 18.5. The lowest BCUT2D eigenvalue weighted by Crippen LogP contribution is -2.09. The third-order valence-electron chi connectivity index (χ3n) is 6.57. The van der Waals surface area contributed by atoms with Crippen molar-refractivity contribution in [3.8, 4) is 11.5 Å². The Morgan fingerprint density at radius 3 is 1.81 bits per heavy atom. The van der Waals surface area contributed by atoms with Crippen molar-refractivity contribution in [2.24, 2.45) is 0 Å². The molecule has 0 bridgehead atoms. The maximum Gasteiger partial charge on any atom is 0.343 e. The van der Waals surface area contributed by atoms with Gasteiger partial charge in [-0.05, 0) is 49.2 Å². The van der Waals surface area contributed by atoms with Crippen LogP contribution in [0.1, 0.15) is 131 Å². The van der Waals surface area contributed by atoms with E-state index in [0.717, 1.165) is 38.2 Å². The smallest absolute Gasteiger partial charge is 0.343 e. The van der Waals surface area contributed by atoms with Gasteiger partial charge in [0.1, 0.15) is 17.3 Å². The van der Waals surface area contributed by atoms with Crippen molar-refractivity contribution in [1.82, 2.24) is 0 Å². The van der Waals surface area contributed by atoms with Crippen LogP contribution < -0.4 is 9.47 Å². The van der Waals surface area contributed by atoms with Gasteiger partial charge in [-0.3, -0.25) is 4.79 Å². The van der Waals surface area contributed by atoms with Crippen molar-refractivity contribution < 1.29 is 23.5 Å². The lowest BCUT2D eigenvalue weighted by atomic mass is 10.0. The zero-order valence-electron chi connectivity index (χ0n) is 22.9. The van der Waals surface area contributed by atoms with E-state index in [9.17, 15) is 14.0 Å². The average Bonchev–Trinajstić information content (AvgIpc) is 2.90. The van der Waals surface area contributed by atoms with Crippen LogP contribution in [0, 0.1) is 5.82 Å². The van der Waals surface area contributed by atoms with Gasteiger partial charge in [0.2, 0.25) is 0 Å². The van der Waals surface area contributed by atoms with Gasteiger partial charge in [-0.2, -0.15) is 0 Å². The third kappa shape index (κ3) is 12.4. The molecule has 2 aromatic carbocycles. The first kappa shape index (κ1) is 30.5. The molecule has 0 unspecified atom stereocenters. The Balaban J connectivity index is 1.73. The lowest BCUT2D eigenvalue weighted by Gasteiger charge is -2.09. The van der Waals surface area contributed by atoms with Gasteiger partial charge in [-0.1, -0.05) is 90.9 Å². The highest BCUT2D eigenvalue weighted by atomic mass is 19.1. The van der Waals surface area contributed by atoms with E-state index in [0.29, 0.717) is 24.3 Å². The molecule has 37 heavy (non-hydrogen) atoms. The SMILES string of the molecule is CCCCCCCCCCC(=O)c1ccc(OC(=O)c2ccc(OCCCCCCCC)cc2)cc1F. The molecular formula is C32H45FO4. The summed E-state index contributed by atoms with van der Waals surface area (Å²) >= 11 is 0. The summed E-state index contributed by atoms with van der Waals surface area (Å²) in [6.45, 7) is 5.06. The number of halogens is 1. The minimum atomic E-state index is -0.659. The molecule has 0 heterocycles. The highest BCUT2D eigenvalue weighted by Crippen LogP contribution is 2.21. The molecule has 5 heteroatoms. The molecule has 0 aromatic heterocycles. The summed E-state index contributed by atoms with van der Waals surface area (Å²) in [6, 6.07) is 10.7. The summed E-state index contributed by atoms with van der Waals surface area (Å²) in [7, 11) is 0. The molecule has 0 amide bonds. The van der Waals surface area contributed by atoms with E-state index < -0.39 is 11.8 Å². The molecule has 0 aliphatic rings. The normalized spacial score (nSPS) is 10.9. The maximum absolute atomic E-state index is 14.6. The summed E-state index contributed by atoms with van der Waals surface area (Å²) in [4.78, 5) is 24.9. The van der Waals surface area contributed by atoms with Crippen LogP contribution in [0.25, 0.3) is 0 Å². The first-order chi connectivity index (χ1) is 18.0. The van der Waals surface area contributed by atoms with Gasteiger partial charge in [-0.25, -0.2) is 9.18 Å². The lowest BCUT2D eigenvalue weighted by molar-refractivity contribution is 0.0734. The summed E-state index contributed by atoms with van der Waals surface area (Å²) in [5.74, 6) is -0.670. The second-order valence-electron chi connectivity index (χ2n) is 9.82. The minimum Gasteiger partial charge on any atom is -0.494 e. The molecule has 0 atom stereocenters. The van der Waals surface area contributed by atoms with Crippen molar-refractivity contribution in [2.45, 2.75) is 110 Å². The Kier molecular flexibility index (Phi) is 15.3. The van der Waals surface area contributed by atoms with Crippen molar-refractivity contribution in [1.29, 1.82) is 0 Å². The molecule has 0 saturated carbocycles. The molecule has 0 spiro atoms. The monoisotopic (exact) mass is 512 g/mol. The van der Waals surface area contributed by atoms with Crippen LogP contribution in [-0.2, 0) is 0 Å². The molecule has 0 fully saturated rings. The van der Waals surface area contributed by atoms with Crippen LogP contribution >= 0.6 is 0 Å². The van der Waals surface area contributed by atoms with E-state index in [4.69, 9.17) is 9.47 Å². The second-order valence-corrected chi connectivity index (χ2v) is 9.82. The summed E-state index contributed by atoms with van der Waals surface area (Å²) in [5.41, 5.74) is 0.400. The fourth-order valence-corrected chi connectivity index (χ4v) is 4.27. The van der Waals surface area contributed by atoms with Gasteiger partial charge in [-0.15, -0.1) is 0 Å². The first-order valence-corrected chi connectivity index (χ1v) is 14.3. The number of carbonyl (C=O) groups is 2. The molecule has 0 radical (unpaired) electrons. The van der Waals surface area contributed by atoms with E-state index >= 15 is 0 Å². The molecule has 0 N–H and O–H groups in total. The van der Waals surface area contributed by atoms with Crippen LogP contribution in [0.3, 0.4) is 0 Å². The predicted octanol–water partition coefficient (Wildman–Crippen LogP) is 9.50. The highest BCUT2D eigenvalue weighted by Gasteiger charge is 2.15. The zero-order chi connectivity index (χ0) is 26.7. The summed E-state index contributed by atoms with van der Waals surface area (Å²) in [6.07, 6.45) is 16.6. The number of unbranched alkanes of at least 4 members (excludes halogenated alkanes) is 12. The molecule has 4 nitrogen and oxygen atoms in total. The number of benzene rings is 2. The number of rotatable bonds is 20. The molecule has 2 rings (SSSR count). The van der Waals surface area contributed by atoms with E-state index in [1.165, 1.54) is 69.9 Å². The van der Waals surface area contributed by atoms with Crippen molar-refractivity contribution >= 4 is 11.8 Å². The summed E-state index contributed by atoms with van der Waals surface area (Å²) in [5, 5.41) is 0. The number of ketones is 1. The van der Waals surface area contributed by atoms with E-state index in [1.807, 2.05) is 0 Å². The van der Waals surface area contributed by atoms with Gasteiger partial charge < -0.3 is 9.47 Å². The van der Waals surface area contributed by atoms with Crippen LogP contribution in [0.5, 0.6) is 11.5 Å². The van der Waals surface area contributed by atoms with Crippen molar-refractivity contribution in [3.05, 3.63) is 59.4 Å². The van der Waals surface area contributed by atoms with E-state index in [1.54, 1.807) is 24.3 Å². The Morgan fingerprint density at radius 2 is 1.22 bits per heavy atom. The summed E-state index contributed by atoms with van der Waals surface area (Å²) < 4.78 is 25.6. The third-order valence-corrected chi connectivity index (χ3v) is 6.57. The number of ether oxygens (including phenoxy) is 2. The van der Waals surface area contributed by atoms with Crippen LogP contribution in [-0.4, -0.2) is 18.4 Å². The standard InChI is InChI=1S/C32H45FO4/c1-3-5-7-9-11-12-13-15-17-31(34)29-23-22-28(25-30(29)33)37-32(35)26-18-20-27(21-19-26)36-24-16-14-10-8-6-4-2/h18-23,25H,3-17,24H2,1-2H3. The molecular weight excluding hydrogens is 467 g/mol. The van der Waals surface area contributed by atoms with Crippen molar-refractivity contribution in [3.63, 3.8) is 0 Å². The molecule has 0 aliphatic carbocycles. The topological polar surface area (TPSA) is 52.6 Å². The van der Waals surface area contributed by atoms with Gasteiger partial charge in [0, 0.05) is 12.5 Å². The van der Waals surface area contributed by atoms with Gasteiger partial charge >= 0.3 is 5.97 Å². The van der Waals surface area contributed by atoms with Gasteiger partial charge in [0.05, 0.1) is 17.7 Å². The fraction of sp³-hybridized carbons (Fsp3) is 0.562. The van der Waals surface area contributed by atoms with Gasteiger partial charge in [0.25, 0.3) is 0 Å². The Hall–Kier alpha value is -2.69. The highest BCUT2D eigenvalue weighted by molar-refractivity contribution is 5.96. The Labute approximate surface area is 223 Å². The largest absolute Gasteiger partial charge is 0.494 e. The fourth-order valence-electron chi connectivity index (χ4n) is 4.27. The number of hydrogen-bond acceptors (Lipinski definition) is 4. The van der Waals surface area contributed by atoms with Gasteiger partial charge in [0.15, 0.2) is 5.78 Å². The molecule has 0 aliphatic heterocycles. The molecule has 0 saturated heterocycles. The molecule has 204 valence electrons. The Morgan fingerprint density at radius 1 is 0.676 bits per heavy atom. The Bertz CT molecular complexity index is 923. The van der Waals surface area contributed by atoms with E-state index in [2.05, 4.69) is 13.8 Å². The number of hydrogen-bond donors (Lipinski definition) is 0. The van der Waals surface area contributed by atoms with Crippen molar-refractivity contribution in [2.75, 3.05) is 6.61 Å². The quantitative estimate of drug-likeness (QED) is 0.0767. The minimum absolute atomic E-state index is 0.0506. The predicted molar refractivity (Wildman–Crippen MR) is 148 cm³/mol. The van der Waals surface area contributed by atoms with Crippen LogP contribution in [0.4, 0.5) is 4.39 Å².